The Morgan fingerprint density at radius 1 is 1.12 bits per heavy atom. The van der Waals surface area contributed by atoms with E-state index in [9.17, 15) is 4.79 Å². The Labute approximate surface area is 203 Å². The quantitative estimate of drug-likeness (QED) is 0.227. The summed E-state index contributed by atoms with van der Waals surface area (Å²) in [5.74, 6) is 0.109. The summed E-state index contributed by atoms with van der Waals surface area (Å²) in [4.78, 5) is 12.6. The van der Waals surface area contributed by atoms with Gasteiger partial charge in [0.2, 0.25) is 0 Å². The van der Waals surface area contributed by atoms with Crippen molar-refractivity contribution in [3.63, 3.8) is 0 Å². The fourth-order valence-corrected chi connectivity index (χ4v) is 4.10. The third-order valence-corrected chi connectivity index (χ3v) is 6.16. The Hall–Kier alpha value is -2.80. The van der Waals surface area contributed by atoms with E-state index in [4.69, 9.17) is 27.9 Å². The first-order valence-electron chi connectivity index (χ1n) is 9.65. The molecule has 162 valence electrons. The maximum absolute atomic E-state index is 12.6. The molecule has 1 N–H and O–H groups in total. The topological polar surface area (TPSA) is 55.6 Å². The molecule has 0 radical (unpaired) electrons. The molecule has 8 heteroatoms. The molecule has 0 aliphatic rings. The Bertz CT molecular complexity index is 1330. The van der Waals surface area contributed by atoms with Crippen molar-refractivity contribution in [3.05, 3.63) is 98.1 Å². The van der Waals surface area contributed by atoms with E-state index in [0.29, 0.717) is 27.9 Å². The first kappa shape index (κ1) is 22.4. The van der Waals surface area contributed by atoms with Gasteiger partial charge in [0, 0.05) is 33.7 Å². The third-order valence-electron chi connectivity index (χ3n) is 4.93. The highest BCUT2D eigenvalue weighted by Crippen LogP contribution is 2.26. The SMILES string of the molecule is COc1ccc(Br)cc1C(=O)N/N=C\c1cn(Cc2ccc(Cl)c(Cl)c2)c2ccccc12. The second kappa shape index (κ2) is 9.77. The van der Waals surface area contributed by atoms with Gasteiger partial charge in [0.1, 0.15) is 5.75 Å². The second-order valence-electron chi connectivity index (χ2n) is 7.02. The Morgan fingerprint density at radius 3 is 2.72 bits per heavy atom. The molecule has 0 saturated heterocycles. The molecule has 4 rings (SSSR count). The lowest BCUT2D eigenvalue weighted by Crippen LogP contribution is -2.18. The maximum Gasteiger partial charge on any atom is 0.275 e. The number of amides is 1. The zero-order chi connectivity index (χ0) is 22.7. The highest BCUT2D eigenvalue weighted by Gasteiger charge is 2.13. The summed E-state index contributed by atoms with van der Waals surface area (Å²) >= 11 is 15.6. The van der Waals surface area contributed by atoms with Crippen molar-refractivity contribution in [2.45, 2.75) is 6.54 Å². The number of hydrogen-bond acceptors (Lipinski definition) is 3. The van der Waals surface area contributed by atoms with Gasteiger partial charge in [-0.2, -0.15) is 5.10 Å². The van der Waals surface area contributed by atoms with Crippen LogP contribution in [-0.2, 0) is 6.54 Å². The van der Waals surface area contributed by atoms with Crippen LogP contribution in [-0.4, -0.2) is 23.8 Å². The lowest BCUT2D eigenvalue weighted by atomic mass is 10.2. The number of fused-ring (bicyclic) bond motifs is 1. The largest absolute Gasteiger partial charge is 0.496 e. The normalized spacial score (nSPS) is 11.2. The lowest BCUT2D eigenvalue weighted by molar-refractivity contribution is 0.0952. The minimum atomic E-state index is -0.362. The highest BCUT2D eigenvalue weighted by atomic mass is 79.9. The molecule has 5 nitrogen and oxygen atoms in total. The van der Waals surface area contributed by atoms with Gasteiger partial charge in [0.25, 0.3) is 5.91 Å². The lowest BCUT2D eigenvalue weighted by Gasteiger charge is -2.07. The number of carbonyl (C=O) groups is 1. The summed E-state index contributed by atoms with van der Waals surface area (Å²) in [5.41, 5.74) is 5.91. The number of halogens is 3. The fourth-order valence-electron chi connectivity index (χ4n) is 3.42. The summed E-state index contributed by atoms with van der Waals surface area (Å²) in [6.07, 6.45) is 3.62. The number of benzene rings is 3. The number of ether oxygens (including phenoxy) is 1. The summed E-state index contributed by atoms with van der Waals surface area (Å²) in [6, 6.07) is 18.8. The van der Waals surface area contributed by atoms with Gasteiger partial charge in [-0.3, -0.25) is 4.79 Å². The standard InChI is InChI=1S/C24H18BrCl2N3O2/c1-32-23-9-7-17(25)11-19(23)24(31)29-28-12-16-14-30(22-5-3-2-4-18(16)22)13-15-6-8-20(26)21(27)10-15/h2-12,14H,13H2,1H3,(H,29,31)/b28-12-. The zero-order valence-electron chi connectivity index (χ0n) is 17.0. The van der Waals surface area contributed by atoms with Crippen LogP contribution in [0.15, 0.2) is 76.4 Å². The van der Waals surface area contributed by atoms with Crippen LogP contribution in [0.25, 0.3) is 10.9 Å². The average molecular weight is 531 g/mol. The number of aromatic nitrogens is 1. The monoisotopic (exact) mass is 529 g/mol. The van der Waals surface area contributed by atoms with Crippen molar-refractivity contribution in [3.8, 4) is 5.75 Å². The van der Waals surface area contributed by atoms with E-state index < -0.39 is 0 Å². The first-order chi connectivity index (χ1) is 15.5. The van der Waals surface area contributed by atoms with Gasteiger partial charge in [-0.05, 0) is 42.0 Å². The van der Waals surface area contributed by atoms with Crippen molar-refractivity contribution in [2.24, 2.45) is 5.10 Å². The number of hydrogen-bond donors (Lipinski definition) is 1. The van der Waals surface area contributed by atoms with Crippen molar-refractivity contribution in [2.75, 3.05) is 7.11 Å². The first-order valence-corrected chi connectivity index (χ1v) is 11.2. The van der Waals surface area contributed by atoms with Gasteiger partial charge in [-0.25, -0.2) is 5.43 Å². The molecule has 0 atom stereocenters. The maximum atomic E-state index is 12.6. The molecule has 4 aromatic rings. The van der Waals surface area contributed by atoms with E-state index in [1.54, 1.807) is 24.4 Å². The Balaban J connectivity index is 1.58. The molecular weight excluding hydrogens is 513 g/mol. The van der Waals surface area contributed by atoms with E-state index in [-0.39, 0.29) is 5.91 Å². The van der Waals surface area contributed by atoms with Crippen LogP contribution >= 0.6 is 39.1 Å². The minimum absolute atomic E-state index is 0.362. The van der Waals surface area contributed by atoms with Gasteiger partial charge in [0.15, 0.2) is 0 Å². The van der Waals surface area contributed by atoms with Gasteiger partial charge in [0.05, 0.1) is 28.9 Å². The molecule has 1 aromatic heterocycles. The van der Waals surface area contributed by atoms with Crippen LogP contribution in [0.2, 0.25) is 10.0 Å². The summed E-state index contributed by atoms with van der Waals surface area (Å²) in [6.45, 7) is 0.618. The third kappa shape index (κ3) is 4.83. The number of nitrogens with one attached hydrogen (secondary N) is 1. The van der Waals surface area contributed by atoms with Gasteiger partial charge in [-0.1, -0.05) is 63.4 Å². The summed E-state index contributed by atoms with van der Waals surface area (Å²) in [7, 11) is 1.52. The van der Waals surface area contributed by atoms with Crippen LogP contribution in [0.3, 0.4) is 0 Å². The van der Waals surface area contributed by atoms with Gasteiger partial charge in [-0.15, -0.1) is 0 Å². The van der Waals surface area contributed by atoms with E-state index in [2.05, 4.69) is 31.0 Å². The molecule has 0 aliphatic heterocycles. The summed E-state index contributed by atoms with van der Waals surface area (Å²) in [5, 5.41) is 6.24. The zero-order valence-corrected chi connectivity index (χ0v) is 20.1. The minimum Gasteiger partial charge on any atom is -0.496 e. The predicted molar refractivity (Wildman–Crippen MR) is 133 cm³/mol. The van der Waals surface area contributed by atoms with Crippen LogP contribution in [0.1, 0.15) is 21.5 Å². The average Bonchev–Trinajstić information content (AvgIpc) is 3.13. The van der Waals surface area contributed by atoms with E-state index >= 15 is 0 Å². The van der Waals surface area contributed by atoms with Crippen LogP contribution < -0.4 is 10.2 Å². The number of hydrazone groups is 1. The number of nitrogens with zero attached hydrogens (tertiary/aromatic N) is 2. The number of methoxy groups -OCH3 is 1. The number of para-hydroxylation sites is 1. The van der Waals surface area contributed by atoms with Crippen LogP contribution in [0.5, 0.6) is 5.75 Å². The van der Waals surface area contributed by atoms with Gasteiger partial charge < -0.3 is 9.30 Å². The van der Waals surface area contributed by atoms with Crippen molar-refractivity contribution < 1.29 is 9.53 Å². The van der Waals surface area contributed by atoms with E-state index in [1.807, 2.05) is 48.7 Å². The Kier molecular flexibility index (Phi) is 6.84. The Morgan fingerprint density at radius 2 is 1.94 bits per heavy atom. The molecular formula is C24H18BrCl2N3O2. The van der Waals surface area contributed by atoms with Gasteiger partial charge >= 0.3 is 0 Å². The second-order valence-corrected chi connectivity index (χ2v) is 8.75. The highest BCUT2D eigenvalue weighted by molar-refractivity contribution is 9.10. The molecule has 0 unspecified atom stereocenters. The van der Waals surface area contributed by atoms with Crippen molar-refractivity contribution in [1.82, 2.24) is 9.99 Å². The molecule has 0 bridgehead atoms. The van der Waals surface area contributed by atoms with Crippen LogP contribution in [0, 0.1) is 0 Å². The van der Waals surface area contributed by atoms with E-state index in [1.165, 1.54) is 7.11 Å². The molecule has 3 aromatic carbocycles. The van der Waals surface area contributed by atoms with Crippen LogP contribution in [0.4, 0.5) is 0 Å². The van der Waals surface area contributed by atoms with Crippen molar-refractivity contribution in [1.29, 1.82) is 0 Å². The van der Waals surface area contributed by atoms with Crippen molar-refractivity contribution >= 4 is 62.2 Å². The number of carbonyl (C=O) groups excluding carboxylic acids is 1. The smallest absolute Gasteiger partial charge is 0.275 e. The molecule has 1 heterocycles. The molecule has 0 saturated carbocycles. The molecule has 32 heavy (non-hydrogen) atoms. The number of rotatable bonds is 6. The van der Waals surface area contributed by atoms with E-state index in [0.717, 1.165) is 26.5 Å². The summed E-state index contributed by atoms with van der Waals surface area (Å²) < 4.78 is 8.15. The predicted octanol–water partition coefficient (Wildman–Crippen LogP) is 6.53. The molecule has 1 amide bonds. The molecule has 0 aliphatic carbocycles. The molecule has 0 spiro atoms. The molecule has 0 fully saturated rings. The fraction of sp³-hybridized carbons (Fsp3) is 0.0833.